The number of carbonyl (C=O) groups excluding carboxylic acids is 2. The molecule has 0 spiro atoms. The molecule has 1 N–H and O–H groups in total. The van der Waals surface area contributed by atoms with Crippen LogP contribution >= 0.6 is 11.6 Å². The first kappa shape index (κ1) is 15.4. The Kier molecular flexibility index (Phi) is 4.21. The van der Waals surface area contributed by atoms with Crippen molar-refractivity contribution in [3.8, 4) is 5.75 Å². The van der Waals surface area contributed by atoms with Gasteiger partial charge in [0.05, 0.1) is 0 Å². The molecule has 0 aliphatic carbocycles. The van der Waals surface area contributed by atoms with Crippen LogP contribution < -0.4 is 4.90 Å². The fourth-order valence-corrected chi connectivity index (χ4v) is 2.72. The molecule has 1 amide bonds. The lowest BCUT2D eigenvalue weighted by atomic mass is 10.2. The Labute approximate surface area is 138 Å². The van der Waals surface area contributed by atoms with Crippen molar-refractivity contribution in [1.82, 2.24) is 0 Å². The van der Waals surface area contributed by atoms with E-state index >= 15 is 0 Å². The van der Waals surface area contributed by atoms with Crippen molar-refractivity contribution >= 4 is 29.2 Å². The van der Waals surface area contributed by atoms with Crippen LogP contribution in [-0.2, 0) is 16.0 Å². The molecule has 0 fully saturated rings. The van der Waals surface area contributed by atoms with Gasteiger partial charge in [-0.15, -0.1) is 0 Å². The molecule has 0 saturated heterocycles. The van der Waals surface area contributed by atoms with Gasteiger partial charge >= 0.3 is 5.97 Å². The van der Waals surface area contributed by atoms with E-state index in [0.29, 0.717) is 11.6 Å². The van der Waals surface area contributed by atoms with E-state index in [1.807, 2.05) is 24.3 Å². The second-order valence-electron chi connectivity index (χ2n) is 5.16. The van der Waals surface area contributed by atoms with Gasteiger partial charge in [0, 0.05) is 17.3 Å². The third-order valence-corrected chi connectivity index (χ3v) is 3.93. The molecule has 3 rings (SSSR count). The van der Waals surface area contributed by atoms with E-state index in [9.17, 15) is 14.7 Å². The fourth-order valence-electron chi connectivity index (χ4n) is 2.55. The highest BCUT2D eigenvalue weighted by Crippen LogP contribution is 2.27. The predicted molar refractivity (Wildman–Crippen MR) is 85.9 cm³/mol. The second kappa shape index (κ2) is 6.30. The van der Waals surface area contributed by atoms with Gasteiger partial charge in [-0.25, -0.2) is 4.79 Å². The number of para-hydroxylation sites is 1. The molecule has 0 atom stereocenters. The molecule has 0 bridgehead atoms. The van der Waals surface area contributed by atoms with E-state index in [1.54, 1.807) is 4.90 Å². The summed E-state index contributed by atoms with van der Waals surface area (Å²) >= 11 is 5.79. The number of rotatable bonds is 3. The summed E-state index contributed by atoms with van der Waals surface area (Å²) in [6, 6.07) is 11.7. The number of benzene rings is 2. The monoisotopic (exact) mass is 331 g/mol. The predicted octanol–water partition coefficient (Wildman–Crippen LogP) is 2.79. The van der Waals surface area contributed by atoms with E-state index in [1.165, 1.54) is 18.2 Å². The number of phenolic OH excluding ortho intramolecular Hbond substituents is 1. The quantitative estimate of drug-likeness (QED) is 0.878. The Balaban J connectivity index is 1.66. The average molecular weight is 332 g/mol. The topological polar surface area (TPSA) is 66.8 Å². The number of halogens is 1. The first-order valence-corrected chi connectivity index (χ1v) is 7.48. The van der Waals surface area contributed by atoms with Crippen molar-refractivity contribution in [1.29, 1.82) is 0 Å². The molecule has 0 radical (unpaired) electrons. The zero-order valence-corrected chi connectivity index (χ0v) is 12.9. The van der Waals surface area contributed by atoms with Crippen LogP contribution in [0.25, 0.3) is 0 Å². The van der Waals surface area contributed by atoms with Gasteiger partial charge in [-0.1, -0.05) is 29.8 Å². The molecule has 2 aromatic rings. The van der Waals surface area contributed by atoms with Crippen LogP contribution in [0.15, 0.2) is 42.5 Å². The molecular formula is C17H14ClNO4. The summed E-state index contributed by atoms with van der Waals surface area (Å²) in [4.78, 5) is 25.8. The lowest BCUT2D eigenvalue weighted by Gasteiger charge is -2.17. The first-order valence-electron chi connectivity index (χ1n) is 7.10. The number of hydrogen-bond donors (Lipinski definition) is 1. The third kappa shape index (κ3) is 3.14. The summed E-state index contributed by atoms with van der Waals surface area (Å²) in [5, 5.41) is 9.96. The number of hydrogen-bond acceptors (Lipinski definition) is 4. The molecule has 6 heteroatoms. The van der Waals surface area contributed by atoms with E-state index in [4.69, 9.17) is 16.3 Å². The summed E-state index contributed by atoms with van der Waals surface area (Å²) in [5.74, 6) is -1.32. The maximum absolute atomic E-state index is 12.3. The van der Waals surface area contributed by atoms with Crippen molar-refractivity contribution in [2.45, 2.75) is 6.42 Å². The fraction of sp³-hybridized carbons (Fsp3) is 0.176. The molecular weight excluding hydrogens is 318 g/mol. The Bertz CT molecular complexity index is 775. The van der Waals surface area contributed by atoms with Crippen molar-refractivity contribution in [3.05, 3.63) is 58.6 Å². The van der Waals surface area contributed by atoms with Crippen molar-refractivity contribution < 1.29 is 19.4 Å². The number of carbonyl (C=O) groups is 2. The SMILES string of the molecule is O=C(OCC(=O)N1CCc2ccccc21)c1cc(Cl)ccc1O. The normalized spacial score (nSPS) is 12.8. The number of fused-ring (bicyclic) bond motifs is 1. The molecule has 1 heterocycles. The van der Waals surface area contributed by atoms with Gasteiger partial charge in [-0.3, -0.25) is 4.79 Å². The molecule has 2 aromatic carbocycles. The summed E-state index contributed by atoms with van der Waals surface area (Å²) in [6.45, 7) is 0.178. The average Bonchev–Trinajstić information content (AvgIpc) is 2.98. The number of anilines is 1. The number of ether oxygens (including phenoxy) is 1. The number of aromatic hydroxyl groups is 1. The van der Waals surface area contributed by atoms with Crippen LogP contribution in [0, 0.1) is 0 Å². The molecule has 118 valence electrons. The minimum Gasteiger partial charge on any atom is -0.507 e. The van der Waals surface area contributed by atoms with Gasteiger partial charge in [0.25, 0.3) is 5.91 Å². The maximum atomic E-state index is 12.3. The Hall–Kier alpha value is -2.53. The van der Waals surface area contributed by atoms with E-state index in [-0.39, 0.29) is 23.8 Å². The largest absolute Gasteiger partial charge is 0.507 e. The van der Waals surface area contributed by atoms with E-state index in [2.05, 4.69) is 0 Å². The maximum Gasteiger partial charge on any atom is 0.342 e. The van der Waals surface area contributed by atoms with Gasteiger partial charge in [0.15, 0.2) is 6.61 Å². The minimum atomic E-state index is -0.786. The van der Waals surface area contributed by atoms with Gasteiger partial charge < -0.3 is 14.7 Å². The highest BCUT2D eigenvalue weighted by Gasteiger charge is 2.25. The van der Waals surface area contributed by atoms with Crippen molar-refractivity contribution in [3.63, 3.8) is 0 Å². The molecule has 1 aliphatic heterocycles. The van der Waals surface area contributed by atoms with Crippen LogP contribution in [0.1, 0.15) is 15.9 Å². The van der Waals surface area contributed by atoms with Crippen molar-refractivity contribution in [2.75, 3.05) is 18.1 Å². The highest BCUT2D eigenvalue weighted by atomic mass is 35.5. The lowest BCUT2D eigenvalue weighted by molar-refractivity contribution is -0.121. The number of nitrogens with zero attached hydrogens (tertiary/aromatic N) is 1. The second-order valence-corrected chi connectivity index (χ2v) is 5.60. The standard InChI is InChI=1S/C17H14ClNO4/c18-12-5-6-15(20)13(9-12)17(22)23-10-16(21)19-8-7-11-3-1-2-4-14(11)19/h1-6,9,20H,7-8,10H2. The Morgan fingerprint density at radius 1 is 1.22 bits per heavy atom. The molecule has 0 saturated carbocycles. The third-order valence-electron chi connectivity index (χ3n) is 3.69. The summed E-state index contributed by atoms with van der Waals surface area (Å²) < 4.78 is 5.00. The minimum absolute atomic E-state index is 0.0628. The zero-order valence-electron chi connectivity index (χ0n) is 12.2. The Morgan fingerprint density at radius 3 is 2.83 bits per heavy atom. The van der Waals surface area contributed by atoms with Gasteiger partial charge in [0.2, 0.25) is 0 Å². The van der Waals surface area contributed by atoms with Crippen LogP contribution in [0.4, 0.5) is 5.69 Å². The number of phenols is 1. The van der Waals surface area contributed by atoms with Crippen LogP contribution in [-0.4, -0.2) is 30.1 Å². The first-order chi connectivity index (χ1) is 11.1. The zero-order chi connectivity index (χ0) is 16.4. The number of esters is 1. The van der Waals surface area contributed by atoms with E-state index < -0.39 is 5.97 Å². The van der Waals surface area contributed by atoms with Crippen LogP contribution in [0.3, 0.4) is 0 Å². The molecule has 0 aromatic heterocycles. The van der Waals surface area contributed by atoms with Gasteiger partial charge in [-0.05, 0) is 36.2 Å². The Morgan fingerprint density at radius 2 is 2.00 bits per heavy atom. The molecule has 0 unspecified atom stereocenters. The van der Waals surface area contributed by atoms with Crippen molar-refractivity contribution in [2.24, 2.45) is 0 Å². The molecule has 1 aliphatic rings. The molecule has 5 nitrogen and oxygen atoms in total. The summed E-state index contributed by atoms with van der Waals surface area (Å²) in [7, 11) is 0. The van der Waals surface area contributed by atoms with E-state index in [0.717, 1.165) is 17.7 Å². The van der Waals surface area contributed by atoms with Crippen LogP contribution in [0.2, 0.25) is 5.02 Å². The van der Waals surface area contributed by atoms with Crippen LogP contribution in [0.5, 0.6) is 5.75 Å². The van der Waals surface area contributed by atoms with Gasteiger partial charge in [0.1, 0.15) is 11.3 Å². The smallest absolute Gasteiger partial charge is 0.342 e. The number of amides is 1. The van der Waals surface area contributed by atoms with Gasteiger partial charge in [-0.2, -0.15) is 0 Å². The summed E-state index contributed by atoms with van der Waals surface area (Å²) in [6.07, 6.45) is 0.783. The lowest BCUT2D eigenvalue weighted by Crippen LogP contribution is -2.33. The molecule has 23 heavy (non-hydrogen) atoms. The summed E-state index contributed by atoms with van der Waals surface area (Å²) in [5.41, 5.74) is 1.88. The highest BCUT2D eigenvalue weighted by molar-refractivity contribution is 6.31.